The van der Waals surface area contributed by atoms with Crippen LogP contribution in [0.5, 0.6) is 0 Å². The summed E-state index contributed by atoms with van der Waals surface area (Å²) < 4.78 is 0. The van der Waals surface area contributed by atoms with Crippen LogP contribution in [0.4, 0.5) is 0 Å². The zero-order valence-corrected chi connectivity index (χ0v) is 12.5. The molecule has 0 amide bonds. The van der Waals surface area contributed by atoms with E-state index in [9.17, 15) is 0 Å². The number of thioether (sulfide) groups is 1. The predicted octanol–water partition coefficient (Wildman–Crippen LogP) is 6.12. The highest BCUT2D eigenvalue weighted by atomic mass is 32.2. The molecule has 0 saturated heterocycles. The van der Waals surface area contributed by atoms with E-state index >= 15 is 0 Å². The number of hydrogen-bond acceptors (Lipinski definition) is 1. The van der Waals surface area contributed by atoms with Crippen molar-refractivity contribution in [3.8, 4) is 11.1 Å². The lowest BCUT2D eigenvalue weighted by molar-refractivity contribution is 1.47. The molecule has 0 saturated carbocycles. The van der Waals surface area contributed by atoms with Gasteiger partial charge in [-0.3, -0.25) is 0 Å². The van der Waals surface area contributed by atoms with Crippen molar-refractivity contribution in [2.45, 2.75) is 4.90 Å². The Morgan fingerprint density at radius 1 is 0.571 bits per heavy atom. The topological polar surface area (TPSA) is 0 Å². The molecule has 0 bridgehead atoms. The summed E-state index contributed by atoms with van der Waals surface area (Å²) in [7, 11) is 0. The van der Waals surface area contributed by atoms with E-state index in [0.29, 0.717) is 0 Å². The van der Waals surface area contributed by atoms with Gasteiger partial charge in [0.1, 0.15) is 0 Å². The summed E-state index contributed by atoms with van der Waals surface area (Å²) in [6, 6.07) is 29.5. The third-order valence-corrected chi connectivity index (χ3v) is 4.04. The molecule has 0 radical (unpaired) electrons. The Balaban J connectivity index is 1.67. The molecule has 0 heterocycles. The molecule has 0 unspecified atom stereocenters. The standard InChI is InChI=1S/C20H16S/c1-3-7-18(8-4-1)19-13-11-17(12-14-19)15-16-21-20-9-5-2-6-10-20/h1-16H/b16-15+. The van der Waals surface area contributed by atoms with Crippen LogP contribution in [0.3, 0.4) is 0 Å². The van der Waals surface area contributed by atoms with Gasteiger partial charge >= 0.3 is 0 Å². The van der Waals surface area contributed by atoms with E-state index in [2.05, 4.69) is 84.3 Å². The summed E-state index contributed by atoms with van der Waals surface area (Å²) in [5.41, 5.74) is 3.73. The Hall–Kier alpha value is -2.25. The van der Waals surface area contributed by atoms with E-state index in [1.807, 2.05) is 12.1 Å². The minimum absolute atomic E-state index is 1.22. The molecule has 0 nitrogen and oxygen atoms in total. The molecule has 0 aromatic heterocycles. The molecule has 102 valence electrons. The minimum atomic E-state index is 1.22. The van der Waals surface area contributed by atoms with Gasteiger partial charge in [0.25, 0.3) is 0 Å². The van der Waals surface area contributed by atoms with Crippen molar-refractivity contribution in [1.29, 1.82) is 0 Å². The van der Waals surface area contributed by atoms with Crippen molar-refractivity contribution in [1.82, 2.24) is 0 Å². The highest BCUT2D eigenvalue weighted by Crippen LogP contribution is 2.22. The molecule has 0 atom stereocenters. The Bertz CT molecular complexity index is 698. The van der Waals surface area contributed by atoms with Crippen LogP contribution in [0.1, 0.15) is 5.56 Å². The van der Waals surface area contributed by atoms with Gasteiger partial charge in [0, 0.05) is 4.90 Å². The molecule has 0 fully saturated rings. The average molecular weight is 288 g/mol. The fourth-order valence-corrected chi connectivity index (χ4v) is 2.80. The van der Waals surface area contributed by atoms with E-state index in [1.165, 1.54) is 21.6 Å². The molecule has 21 heavy (non-hydrogen) atoms. The summed E-state index contributed by atoms with van der Waals surface area (Å²) in [4.78, 5) is 1.26. The van der Waals surface area contributed by atoms with Crippen LogP contribution in [0, 0.1) is 0 Å². The van der Waals surface area contributed by atoms with Gasteiger partial charge in [0.05, 0.1) is 0 Å². The maximum absolute atomic E-state index is 2.17. The smallest absolute Gasteiger partial charge is 0.0116 e. The number of hydrogen-bond donors (Lipinski definition) is 0. The largest absolute Gasteiger partial charge is 0.0981 e. The first-order chi connectivity index (χ1) is 10.4. The molecule has 0 aliphatic heterocycles. The lowest BCUT2D eigenvalue weighted by atomic mass is 10.0. The number of rotatable bonds is 4. The van der Waals surface area contributed by atoms with Gasteiger partial charge in [0.2, 0.25) is 0 Å². The van der Waals surface area contributed by atoms with Crippen LogP contribution in [0.2, 0.25) is 0 Å². The van der Waals surface area contributed by atoms with E-state index < -0.39 is 0 Å². The molecule has 0 spiro atoms. The van der Waals surface area contributed by atoms with E-state index in [4.69, 9.17) is 0 Å². The van der Waals surface area contributed by atoms with Crippen molar-refractivity contribution in [3.05, 3.63) is 95.9 Å². The quantitative estimate of drug-likeness (QED) is 0.521. The van der Waals surface area contributed by atoms with E-state index in [-0.39, 0.29) is 0 Å². The summed E-state index contributed by atoms with van der Waals surface area (Å²) in [5.74, 6) is 0. The molecule has 3 rings (SSSR count). The van der Waals surface area contributed by atoms with E-state index in [1.54, 1.807) is 11.8 Å². The first-order valence-electron chi connectivity index (χ1n) is 6.95. The third-order valence-electron chi connectivity index (χ3n) is 3.23. The van der Waals surface area contributed by atoms with Crippen LogP contribution in [-0.2, 0) is 0 Å². The Labute approximate surface area is 130 Å². The lowest BCUT2D eigenvalue weighted by Crippen LogP contribution is -1.77. The Morgan fingerprint density at radius 3 is 1.81 bits per heavy atom. The minimum Gasteiger partial charge on any atom is -0.0981 e. The maximum Gasteiger partial charge on any atom is 0.0116 e. The van der Waals surface area contributed by atoms with Crippen LogP contribution in [-0.4, -0.2) is 0 Å². The highest BCUT2D eigenvalue weighted by Gasteiger charge is 1.95. The van der Waals surface area contributed by atoms with Gasteiger partial charge in [-0.05, 0) is 40.3 Å². The number of benzene rings is 3. The van der Waals surface area contributed by atoms with Gasteiger partial charge in [0.15, 0.2) is 0 Å². The molecule has 0 N–H and O–H groups in total. The molecule has 0 aliphatic rings. The van der Waals surface area contributed by atoms with Crippen molar-refractivity contribution in [3.63, 3.8) is 0 Å². The molecule has 1 heteroatoms. The monoisotopic (exact) mass is 288 g/mol. The fourth-order valence-electron chi connectivity index (χ4n) is 2.11. The molecular formula is C20H16S. The van der Waals surface area contributed by atoms with Crippen molar-refractivity contribution in [2.24, 2.45) is 0 Å². The second kappa shape index (κ2) is 6.96. The zero-order valence-electron chi connectivity index (χ0n) is 11.6. The van der Waals surface area contributed by atoms with Crippen LogP contribution in [0.25, 0.3) is 17.2 Å². The molecular weight excluding hydrogens is 272 g/mol. The van der Waals surface area contributed by atoms with Crippen molar-refractivity contribution in [2.75, 3.05) is 0 Å². The van der Waals surface area contributed by atoms with Crippen molar-refractivity contribution >= 4 is 17.8 Å². The summed E-state index contributed by atoms with van der Waals surface area (Å²) in [6.45, 7) is 0. The van der Waals surface area contributed by atoms with Gasteiger partial charge in [-0.25, -0.2) is 0 Å². The molecule has 0 aliphatic carbocycles. The SMILES string of the molecule is C(=C\c1ccc(-c2ccccc2)cc1)/Sc1ccccc1. The second-order valence-electron chi connectivity index (χ2n) is 4.72. The maximum atomic E-state index is 2.17. The highest BCUT2D eigenvalue weighted by molar-refractivity contribution is 8.02. The predicted molar refractivity (Wildman–Crippen MR) is 93.2 cm³/mol. The second-order valence-corrected chi connectivity index (χ2v) is 5.70. The Morgan fingerprint density at radius 2 is 1.14 bits per heavy atom. The zero-order chi connectivity index (χ0) is 14.3. The van der Waals surface area contributed by atoms with E-state index in [0.717, 1.165) is 0 Å². The van der Waals surface area contributed by atoms with Gasteiger partial charge in [-0.2, -0.15) is 0 Å². The molecule has 3 aromatic rings. The first-order valence-corrected chi connectivity index (χ1v) is 7.83. The third kappa shape index (κ3) is 3.87. The average Bonchev–Trinajstić information content (AvgIpc) is 2.57. The summed E-state index contributed by atoms with van der Waals surface area (Å²) in [5, 5.41) is 2.13. The lowest BCUT2D eigenvalue weighted by Gasteiger charge is -2.01. The summed E-state index contributed by atoms with van der Waals surface area (Å²) in [6.07, 6.45) is 2.15. The fraction of sp³-hybridized carbons (Fsp3) is 0. The van der Waals surface area contributed by atoms with Gasteiger partial charge in [-0.15, -0.1) is 0 Å². The van der Waals surface area contributed by atoms with Crippen LogP contribution >= 0.6 is 11.8 Å². The molecule has 3 aromatic carbocycles. The van der Waals surface area contributed by atoms with Gasteiger partial charge < -0.3 is 0 Å². The first kappa shape index (κ1) is 13.7. The normalized spacial score (nSPS) is 10.9. The Kier molecular flexibility index (Phi) is 4.55. The van der Waals surface area contributed by atoms with Crippen LogP contribution < -0.4 is 0 Å². The van der Waals surface area contributed by atoms with Gasteiger partial charge in [-0.1, -0.05) is 84.6 Å². The summed E-state index contributed by atoms with van der Waals surface area (Å²) >= 11 is 1.74. The van der Waals surface area contributed by atoms with Crippen molar-refractivity contribution < 1.29 is 0 Å². The van der Waals surface area contributed by atoms with Crippen LogP contribution in [0.15, 0.2) is 95.2 Å².